The predicted molar refractivity (Wildman–Crippen MR) is 151 cm³/mol. The van der Waals surface area contributed by atoms with Crippen molar-refractivity contribution in [1.29, 1.82) is 0 Å². The van der Waals surface area contributed by atoms with Gasteiger partial charge in [0.2, 0.25) is 5.78 Å². The number of hydrogen-bond donors (Lipinski definition) is 7. The second-order valence-electron chi connectivity index (χ2n) is 10.9. The maximum absolute atomic E-state index is 14.0. The molecule has 14 nitrogen and oxygen atoms in total. The summed E-state index contributed by atoms with van der Waals surface area (Å²) in [6.07, 6.45) is -1.69. The number of nitrogens with zero attached hydrogens (tertiary/aromatic N) is 2. The van der Waals surface area contributed by atoms with Crippen molar-refractivity contribution in [2.75, 3.05) is 26.0 Å². The van der Waals surface area contributed by atoms with Crippen molar-refractivity contribution >= 4 is 45.6 Å². The summed E-state index contributed by atoms with van der Waals surface area (Å²) < 4.78 is 4.93. The minimum atomic E-state index is -3.00. The van der Waals surface area contributed by atoms with Crippen molar-refractivity contribution in [3.05, 3.63) is 57.0 Å². The number of esters is 1. The van der Waals surface area contributed by atoms with Gasteiger partial charge in [0, 0.05) is 16.9 Å². The van der Waals surface area contributed by atoms with Gasteiger partial charge in [-0.2, -0.15) is 0 Å². The fourth-order valence-corrected chi connectivity index (χ4v) is 7.16. The van der Waals surface area contributed by atoms with Gasteiger partial charge in [-0.05, 0) is 38.6 Å². The minimum Gasteiger partial charge on any atom is -0.510 e. The van der Waals surface area contributed by atoms with E-state index in [4.69, 9.17) is 10.5 Å². The number of carbonyl (C=O) groups is 4. The SMILES string of the molecule is CCOC(=O)c1csc(Nc2ccc3c(c2O)C(=O)C2=C(O)[C@@]4(O)C(=O)C(C(N)=O)=C(O)[C@H](N(C)C)[C@H]4[C@H](O)[C@H]2[C@@H]3C)n1. The van der Waals surface area contributed by atoms with Crippen molar-refractivity contribution < 1.29 is 49.4 Å². The van der Waals surface area contributed by atoms with Gasteiger partial charge in [-0.1, -0.05) is 13.0 Å². The van der Waals surface area contributed by atoms with E-state index in [-0.39, 0.29) is 28.7 Å². The van der Waals surface area contributed by atoms with E-state index in [1.54, 1.807) is 19.9 Å². The molecule has 1 heterocycles. The van der Waals surface area contributed by atoms with E-state index in [9.17, 15) is 44.7 Å². The maximum Gasteiger partial charge on any atom is 0.357 e. The number of phenolic OH excluding ortho intramolecular Hbond substituents is 1. The Morgan fingerprint density at radius 1 is 1.21 bits per heavy atom. The maximum atomic E-state index is 14.0. The summed E-state index contributed by atoms with van der Waals surface area (Å²) in [5.41, 5.74) is 0.980. The molecular formula is C28H30N4O10S. The van der Waals surface area contributed by atoms with Gasteiger partial charge in [-0.15, -0.1) is 11.3 Å². The molecule has 3 aliphatic carbocycles. The van der Waals surface area contributed by atoms with Crippen LogP contribution in [0.2, 0.25) is 0 Å². The zero-order valence-electron chi connectivity index (χ0n) is 23.5. The number of primary amides is 1. The van der Waals surface area contributed by atoms with Gasteiger partial charge in [0.05, 0.1) is 35.9 Å². The van der Waals surface area contributed by atoms with E-state index in [0.29, 0.717) is 5.56 Å². The fraction of sp³-hybridized carbons (Fsp3) is 0.393. The molecule has 0 radical (unpaired) electrons. The molecule has 8 N–H and O–H groups in total. The number of likely N-dealkylation sites (N-methyl/N-ethyl adjacent to an activating group) is 1. The molecule has 0 saturated carbocycles. The predicted octanol–water partition coefficient (Wildman–Crippen LogP) is 1.03. The zero-order valence-corrected chi connectivity index (χ0v) is 24.3. The number of carbonyl (C=O) groups excluding carboxylic acids is 4. The van der Waals surface area contributed by atoms with Crippen LogP contribution in [0.3, 0.4) is 0 Å². The number of ketones is 2. The molecule has 1 aromatic carbocycles. The molecule has 0 unspecified atom stereocenters. The van der Waals surface area contributed by atoms with Crippen molar-refractivity contribution in [2.24, 2.45) is 17.6 Å². The number of aliphatic hydroxyl groups excluding tert-OH is 3. The molecule has 0 spiro atoms. The van der Waals surface area contributed by atoms with Crippen molar-refractivity contribution in [1.82, 2.24) is 9.88 Å². The van der Waals surface area contributed by atoms with Crippen LogP contribution >= 0.6 is 11.3 Å². The molecule has 1 aromatic heterocycles. The molecule has 15 heteroatoms. The average molecular weight is 615 g/mol. The van der Waals surface area contributed by atoms with Gasteiger partial charge < -0.3 is 41.3 Å². The molecule has 0 saturated heterocycles. The number of amides is 1. The lowest BCUT2D eigenvalue weighted by molar-refractivity contribution is -0.162. The molecule has 1 amide bonds. The Bertz CT molecular complexity index is 1650. The molecule has 228 valence electrons. The van der Waals surface area contributed by atoms with E-state index >= 15 is 0 Å². The summed E-state index contributed by atoms with van der Waals surface area (Å²) in [6.45, 7) is 3.44. The summed E-state index contributed by atoms with van der Waals surface area (Å²) in [5.74, 6) is -10.4. The number of thiazole rings is 1. The minimum absolute atomic E-state index is 0.0285. The van der Waals surface area contributed by atoms with Crippen molar-refractivity contribution in [3.8, 4) is 5.75 Å². The van der Waals surface area contributed by atoms with Gasteiger partial charge in [-0.25, -0.2) is 9.78 Å². The highest BCUT2D eigenvalue weighted by atomic mass is 32.1. The first-order valence-electron chi connectivity index (χ1n) is 13.3. The molecule has 43 heavy (non-hydrogen) atoms. The lowest BCUT2D eigenvalue weighted by Gasteiger charge is -2.53. The van der Waals surface area contributed by atoms with Gasteiger partial charge in [0.25, 0.3) is 5.91 Å². The lowest BCUT2D eigenvalue weighted by Crippen LogP contribution is -2.68. The third-order valence-corrected chi connectivity index (χ3v) is 9.12. The zero-order chi connectivity index (χ0) is 31.7. The van der Waals surface area contributed by atoms with Crippen LogP contribution in [0.4, 0.5) is 10.8 Å². The number of aromatic hydroxyl groups is 1. The first-order valence-corrected chi connectivity index (χ1v) is 14.1. The van der Waals surface area contributed by atoms with Crippen LogP contribution in [0, 0.1) is 11.8 Å². The van der Waals surface area contributed by atoms with Crippen LogP contribution in [0.1, 0.15) is 46.2 Å². The molecule has 0 aliphatic heterocycles. The number of nitrogens with two attached hydrogens (primary N) is 1. The third kappa shape index (κ3) is 4.22. The number of benzene rings is 1. The van der Waals surface area contributed by atoms with Crippen molar-refractivity contribution in [3.63, 3.8) is 0 Å². The average Bonchev–Trinajstić information content (AvgIpc) is 3.40. The number of phenols is 1. The van der Waals surface area contributed by atoms with E-state index in [1.165, 1.54) is 30.4 Å². The quantitative estimate of drug-likeness (QED) is 0.137. The van der Waals surface area contributed by atoms with Crippen LogP contribution < -0.4 is 11.1 Å². The first kappa shape index (κ1) is 30.2. The lowest BCUT2D eigenvalue weighted by atomic mass is 9.55. The number of anilines is 2. The van der Waals surface area contributed by atoms with E-state index in [0.717, 1.165) is 11.3 Å². The topological polar surface area (TPSA) is 233 Å². The monoisotopic (exact) mass is 614 g/mol. The second-order valence-corrected chi connectivity index (χ2v) is 11.7. The van der Waals surface area contributed by atoms with Crippen LogP contribution in [0.15, 0.2) is 40.2 Å². The molecule has 6 atom stereocenters. The number of rotatable bonds is 6. The Hall–Kier alpha value is -4.31. The number of nitrogens with one attached hydrogen (secondary N) is 1. The smallest absolute Gasteiger partial charge is 0.357 e. The Labute approximate surface area is 248 Å². The highest BCUT2D eigenvalue weighted by molar-refractivity contribution is 7.14. The normalized spacial score (nSPS) is 28.4. The van der Waals surface area contributed by atoms with Gasteiger partial charge in [0.15, 0.2) is 28.0 Å². The molecule has 5 rings (SSSR count). The Kier molecular flexibility index (Phi) is 7.33. The van der Waals surface area contributed by atoms with Crippen LogP contribution in [0.25, 0.3) is 0 Å². The summed E-state index contributed by atoms with van der Waals surface area (Å²) in [5, 5.41) is 61.6. The number of Topliss-reactive ketones (excluding diaryl/α,β-unsaturated/α-hetero) is 2. The molecule has 2 aromatic rings. The number of ether oxygens (including phenoxy) is 1. The summed E-state index contributed by atoms with van der Waals surface area (Å²) in [7, 11) is 2.93. The molecule has 3 aliphatic rings. The number of aromatic nitrogens is 1. The largest absolute Gasteiger partial charge is 0.510 e. The number of aliphatic hydroxyl groups is 4. The molecule has 0 bridgehead atoms. The van der Waals surface area contributed by atoms with E-state index in [1.807, 2.05) is 0 Å². The number of hydrogen-bond acceptors (Lipinski definition) is 14. The summed E-state index contributed by atoms with van der Waals surface area (Å²) >= 11 is 1.04. The van der Waals surface area contributed by atoms with Gasteiger partial charge in [0.1, 0.15) is 17.1 Å². The summed E-state index contributed by atoms with van der Waals surface area (Å²) in [4.78, 5) is 57.1. The third-order valence-electron chi connectivity index (χ3n) is 8.36. The highest BCUT2D eigenvalue weighted by Crippen LogP contribution is 2.56. The first-order chi connectivity index (χ1) is 20.2. The Morgan fingerprint density at radius 3 is 2.49 bits per heavy atom. The van der Waals surface area contributed by atoms with Crippen LogP contribution in [0.5, 0.6) is 5.75 Å². The van der Waals surface area contributed by atoms with Gasteiger partial charge in [-0.3, -0.25) is 19.3 Å². The van der Waals surface area contributed by atoms with Crippen molar-refractivity contribution in [2.45, 2.75) is 37.5 Å². The van der Waals surface area contributed by atoms with E-state index in [2.05, 4.69) is 10.3 Å². The Balaban J connectivity index is 1.63. The molecule has 0 fully saturated rings. The fourth-order valence-electron chi connectivity index (χ4n) is 6.47. The van der Waals surface area contributed by atoms with Crippen LogP contribution in [-0.4, -0.2) is 97.3 Å². The van der Waals surface area contributed by atoms with Crippen LogP contribution in [-0.2, 0) is 14.3 Å². The van der Waals surface area contributed by atoms with E-state index < -0.39 is 87.4 Å². The highest BCUT2D eigenvalue weighted by Gasteiger charge is 2.67. The van der Waals surface area contributed by atoms with Gasteiger partial charge >= 0.3 is 5.97 Å². The summed E-state index contributed by atoms with van der Waals surface area (Å²) in [6, 6.07) is 1.67. The standard InChI is InChI=1S/C28H30N4O10S/c1-5-42-26(40)12-8-43-27(31-12)30-11-7-6-10-9(2)13-15(20(34)14(10)19(11)33)23(37)28(41)17(21(13)35)18(32(3)4)22(36)16(24(28)38)25(29)39/h6-9,13,17-18,21,33,35-37,41H,5H2,1-4H3,(H2,29,39)(H,30,31)/t9-,13+,17+,18-,21-,28-/m1/s1. The molecular weight excluding hydrogens is 584 g/mol. The second kappa shape index (κ2) is 10.4. The number of fused-ring (bicyclic) bond motifs is 3. The Morgan fingerprint density at radius 2 is 1.88 bits per heavy atom.